The first-order chi connectivity index (χ1) is 17.0. The van der Waals surface area contributed by atoms with E-state index in [1.54, 1.807) is 6.92 Å². The maximum Gasteiger partial charge on any atom is 0.323 e. The minimum Gasteiger partial charge on any atom is -0.458 e. The van der Waals surface area contributed by atoms with E-state index in [1.165, 1.54) is 0 Å². The summed E-state index contributed by atoms with van der Waals surface area (Å²) >= 11 is 6.46. The molecule has 2 aromatic heterocycles. The van der Waals surface area contributed by atoms with Gasteiger partial charge in [0, 0.05) is 18.5 Å². The molecule has 0 fully saturated rings. The zero-order valence-corrected chi connectivity index (χ0v) is 20.5. The lowest BCUT2D eigenvalue weighted by molar-refractivity contribution is -0.146. The Labute approximate surface area is 208 Å². The van der Waals surface area contributed by atoms with Crippen molar-refractivity contribution in [1.29, 1.82) is 0 Å². The Bertz CT molecular complexity index is 1270. The second-order valence-corrected chi connectivity index (χ2v) is 8.69. The highest BCUT2D eigenvalue weighted by Crippen LogP contribution is 2.30. The number of hydrogen-bond donors (Lipinski definition) is 2. The van der Waals surface area contributed by atoms with E-state index in [9.17, 15) is 4.79 Å². The molecule has 3 N–H and O–H groups in total. The highest BCUT2D eigenvalue weighted by atomic mass is 35.5. The van der Waals surface area contributed by atoms with Crippen molar-refractivity contribution < 1.29 is 9.53 Å². The number of tetrazole rings is 1. The van der Waals surface area contributed by atoms with Crippen LogP contribution in [0.5, 0.6) is 0 Å². The Morgan fingerprint density at radius 2 is 1.91 bits per heavy atom. The molecule has 0 radical (unpaired) electrons. The standard InChI is InChI=1S/C25H28ClN7O2/c1-3-4-9-22-28-23(26)21(15-35-25(34)16(2)27)33(22)14-17-10-12-18(13-11-17)19-7-5-6-8-20(19)24-29-31-32-30-24/h5-8,10-13,16H,3-4,9,14-15,27H2,1-2H3,(H,29,30,31,32)/t16-/m0/s1. The van der Waals surface area contributed by atoms with E-state index < -0.39 is 12.0 Å². The Morgan fingerprint density at radius 3 is 2.57 bits per heavy atom. The average molecular weight is 494 g/mol. The van der Waals surface area contributed by atoms with E-state index in [4.69, 9.17) is 22.1 Å². The fraction of sp³-hybridized carbons (Fsp3) is 0.320. The van der Waals surface area contributed by atoms with E-state index in [-0.39, 0.29) is 6.61 Å². The molecule has 4 aromatic rings. The van der Waals surface area contributed by atoms with Crippen LogP contribution < -0.4 is 5.73 Å². The van der Waals surface area contributed by atoms with Gasteiger partial charge in [-0.15, -0.1) is 10.2 Å². The summed E-state index contributed by atoms with van der Waals surface area (Å²) in [5.74, 6) is 0.938. The number of nitrogens with one attached hydrogen (secondary N) is 1. The number of hydrogen-bond acceptors (Lipinski definition) is 7. The predicted octanol–water partition coefficient (Wildman–Crippen LogP) is 4.16. The van der Waals surface area contributed by atoms with Crippen molar-refractivity contribution in [3.05, 3.63) is 70.8 Å². The summed E-state index contributed by atoms with van der Waals surface area (Å²) < 4.78 is 7.40. The number of aryl methyl sites for hydroxylation is 1. The number of rotatable bonds is 10. The second kappa shape index (κ2) is 11.2. The first-order valence-electron chi connectivity index (χ1n) is 11.6. The minimum atomic E-state index is -0.701. The van der Waals surface area contributed by atoms with Crippen LogP contribution in [0.2, 0.25) is 5.15 Å². The van der Waals surface area contributed by atoms with Gasteiger partial charge in [0.2, 0.25) is 5.82 Å². The zero-order chi connectivity index (χ0) is 24.8. The topological polar surface area (TPSA) is 125 Å². The Kier molecular flexibility index (Phi) is 7.89. The Morgan fingerprint density at radius 1 is 1.17 bits per heavy atom. The van der Waals surface area contributed by atoms with Crippen molar-refractivity contribution in [3.63, 3.8) is 0 Å². The first kappa shape index (κ1) is 24.6. The highest BCUT2D eigenvalue weighted by molar-refractivity contribution is 6.30. The molecule has 0 aliphatic rings. The smallest absolute Gasteiger partial charge is 0.323 e. The van der Waals surface area contributed by atoms with Crippen LogP contribution in [-0.4, -0.2) is 42.2 Å². The number of benzene rings is 2. The van der Waals surface area contributed by atoms with Crippen LogP contribution >= 0.6 is 11.6 Å². The van der Waals surface area contributed by atoms with Gasteiger partial charge in [-0.3, -0.25) is 4.79 Å². The molecule has 35 heavy (non-hydrogen) atoms. The molecule has 182 valence electrons. The average Bonchev–Trinajstić information content (AvgIpc) is 3.50. The van der Waals surface area contributed by atoms with Crippen molar-refractivity contribution in [2.75, 3.05) is 0 Å². The highest BCUT2D eigenvalue weighted by Gasteiger charge is 2.19. The molecule has 0 aliphatic heterocycles. The molecule has 0 saturated carbocycles. The van der Waals surface area contributed by atoms with Gasteiger partial charge in [-0.05, 0) is 35.2 Å². The predicted molar refractivity (Wildman–Crippen MR) is 133 cm³/mol. The van der Waals surface area contributed by atoms with Crippen molar-refractivity contribution >= 4 is 17.6 Å². The summed E-state index contributed by atoms with van der Waals surface area (Å²) in [7, 11) is 0. The number of imidazole rings is 1. The first-order valence-corrected chi connectivity index (χ1v) is 11.9. The van der Waals surface area contributed by atoms with E-state index in [0.717, 1.165) is 47.3 Å². The number of nitrogens with zero attached hydrogens (tertiary/aromatic N) is 5. The number of carbonyl (C=O) groups excluding carboxylic acids is 1. The molecule has 2 aromatic carbocycles. The van der Waals surface area contributed by atoms with Gasteiger partial charge in [-0.1, -0.05) is 73.5 Å². The molecule has 4 rings (SSSR count). The Hall–Kier alpha value is -3.56. The molecule has 10 heteroatoms. The van der Waals surface area contributed by atoms with Crippen LogP contribution in [-0.2, 0) is 29.1 Å². The van der Waals surface area contributed by atoms with E-state index in [1.807, 2.05) is 28.8 Å². The normalized spacial score (nSPS) is 12.0. The lowest BCUT2D eigenvalue weighted by Crippen LogP contribution is -2.28. The number of esters is 1. The number of ether oxygens (including phenoxy) is 1. The molecule has 0 amide bonds. The summed E-state index contributed by atoms with van der Waals surface area (Å²) in [6.07, 6.45) is 2.81. The van der Waals surface area contributed by atoms with Gasteiger partial charge in [0.1, 0.15) is 18.5 Å². The van der Waals surface area contributed by atoms with Crippen LogP contribution in [0, 0.1) is 0 Å². The fourth-order valence-electron chi connectivity index (χ4n) is 3.80. The zero-order valence-electron chi connectivity index (χ0n) is 19.7. The van der Waals surface area contributed by atoms with Crippen molar-refractivity contribution in [1.82, 2.24) is 30.2 Å². The summed E-state index contributed by atoms with van der Waals surface area (Å²) in [5, 5.41) is 14.8. The Balaban J connectivity index is 1.60. The summed E-state index contributed by atoms with van der Waals surface area (Å²) in [6, 6.07) is 15.5. The van der Waals surface area contributed by atoms with Crippen molar-refractivity contribution in [2.45, 2.75) is 52.3 Å². The molecule has 0 saturated heterocycles. The van der Waals surface area contributed by atoms with Crippen LogP contribution in [0.25, 0.3) is 22.5 Å². The molecular formula is C25H28ClN7O2. The SMILES string of the molecule is CCCCc1nc(Cl)c(COC(=O)[C@H](C)N)n1Cc1ccc(-c2ccccc2-c2nn[nH]n2)cc1. The van der Waals surface area contributed by atoms with E-state index >= 15 is 0 Å². The number of nitrogens with two attached hydrogens (primary N) is 1. The maximum atomic E-state index is 11.9. The molecule has 1 atom stereocenters. The number of carbonyl (C=O) groups is 1. The third-order valence-electron chi connectivity index (χ3n) is 5.70. The summed E-state index contributed by atoms with van der Waals surface area (Å²) in [4.78, 5) is 16.5. The third kappa shape index (κ3) is 5.75. The lowest BCUT2D eigenvalue weighted by Gasteiger charge is -2.14. The molecule has 9 nitrogen and oxygen atoms in total. The minimum absolute atomic E-state index is 0.0223. The number of unbranched alkanes of at least 4 members (excludes halogenated alkanes) is 1. The van der Waals surface area contributed by atoms with Gasteiger partial charge in [-0.25, -0.2) is 4.98 Å². The summed E-state index contributed by atoms with van der Waals surface area (Å²) in [5.41, 5.74) is 10.3. The molecule has 0 bridgehead atoms. The monoisotopic (exact) mass is 493 g/mol. The maximum absolute atomic E-state index is 11.9. The number of H-pyrrole nitrogens is 1. The van der Waals surface area contributed by atoms with E-state index in [0.29, 0.717) is 23.2 Å². The van der Waals surface area contributed by atoms with Crippen molar-refractivity contribution in [3.8, 4) is 22.5 Å². The van der Waals surface area contributed by atoms with Gasteiger partial charge in [0.15, 0.2) is 5.15 Å². The molecule has 2 heterocycles. The second-order valence-electron chi connectivity index (χ2n) is 8.33. The number of aromatic amines is 1. The quantitative estimate of drug-likeness (QED) is 0.318. The molecular weight excluding hydrogens is 466 g/mol. The van der Waals surface area contributed by atoms with Gasteiger partial charge >= 0.3 is 5.97 Å². The van der Waals surface area contributed by atoms with Crippen LogP contribution in [0.15, 0.2) is 48.5 Å². The molecule has 0 spiro atoms. The number of halogens is 1. The van der Waals surface area contributed by atoms with Crippen LogP contribution in [0.4, 0.5) is 0 Å². The van der Waals surface area contributed by atoms with Gasteiger partial charge < -0.3 is 15.0 Å². The van der Waals surface area contributed by atoms with Crippen molar-refractivity contribution in [2.24, 2.45) is 5.73 Å². The largest absolute Gasteiger partial charge is 0.458 e. The van der Waals surface area contributed by atoms with Crippen LogP contribution in [0.3, 0.4) is 0 Å². The lowest BCUT2D eigenvalue weighted by atomic mass is 9.98. The number of aromatic nitrogens is 6. The third-order valence-corrected chi connectivity index (χ3v) is 6.00. The summed E-state index contributed by atoms with van der Waals surface area (Å²) in [6.45, 7) is 4.29. The fourth-order valence-corrected chi connectivity index (χ4v) is 4.06. The molecule has 0 aliphatic carbocycles. The van der Waals surface area contributed by atoms with Gasteiger partial charge in [-0.2, -0.15) is 5.21 Å². The molecule has 0 unspecified atom stereocenters. The van der Waals surface area contributed by atoms with Crippen LogP contribution in [0.1, 0.15) is 43.8 Å². The van der Waals surface area contributed by atoms with E-state index in [2.05, 4.69) is 56.8 Å². The van der Waals surface area contributed by atoms with Gasteiger partial charge in [0.05, 0.1) is 5.69 Å². The van der Waals surface area contributed by atoms with Gasteiger partial charge in [0.25, 0.3) is 0 Å².